The van der Waals surface area contributed by atoms with Crippen molar-refractivity contribution < 1.29 is 28.6 Å². The van der Waals surface area contributed by atoms with Crippen molar-refractivity contribution in [2.75, 3.05) is 6.61 Å². The Labute approximate surface area is 160 Å². The molecule has 0 aromatic heterocycles. The molecular weight excluding hydrogens is 368 g/mol. The molecule has 1 fully saturated rings. The van der Waals surface area contributed by atoms with Crippen LogP contribution < -0.4 is 0 Å². The van der Waals surface area contributed by atoms with Crippen molar-refractivity contribution in [1.82, 2.24) is 0 Å². The summed E-state index contributed by atoms with van der Waals surface area (Å²) >= 11 is 0. The van der Waals surface area contributed by atoms with Crippen LogP contribution in [0.15, 0.2) is 0 Å². The number of esters is 1. The highest BCUT2D eigenvalue weighted by molar-refractivity contribution is 6.74. The van der Waals surface area contributed by atoms with Crippen LogP contribution in [0.1, 0.15) is 41.5 Å². The Kier molecular flexibility index (Phi) is 6.98. The van der Waals surface area contributed by atoms with E-state index < -0.39 is 47.0 Å². The molecule has 0 aromatic rings. The lowest BCUT2D eigenvalue weighted by molar-refractivity contribution is -0.203. The first-order valence-corrected chi connectivity index (χ1v) is 15.1. The van der Waals surface area contributed by atoms with E-state index in [1.807, 2.05) is 0 Å². The fraction of sp³-hybridized carbons (Fsp3) is 0.944. The maximum atomic E-state index is 11.9. The lowest BCUT2D eigenvalue weighted by Gasteiger charge is -2.46. The van der Waals surface area contributed by atoms with Crippen LogP contribution in [0.5, 0.6) is 0 Å². The van der Waals surface area contributed by atoms with Crippen LogP contribution in [-0.2, 0) is 18.4 Å². The van der Waals surface area contributed by atoms with Crippen LogP contribution in [0.2, 0.25) is 36.3 Å². The zero-order chi connectivity index (χ0) is 20.7. The minimum Gasteiger partial charge on any atom is -0.455 e. The highest BCUT2D eigenvalue weighted by Gasteiger charge is 2.50. The van der Waals surface area contributed by atoms with Gasteiger partial charge in [0, 0.05) is 0 Å². The van der Waals surface area contributed by atoms with Gasteiger partial charge in [-0.3, -0.25) is 0 Å². The van der Waals surface area contributed by atoms with Crippen LogP contribution in [-0.4, -0.2) is 63.8 Å². The van der Waals surface area contributed by atoms with Gasteiger partial charge in [0.2, 0.25) is 0 Å². The van der Waals surface area contributed by atoms with Crippen molar-refractivity contribution in [3.05, 3.63) is 0 Å². The fourth-order valence-corrected chi connectivity index (χ4v) is 4.46. The molecule has 1 rings (SSSR count). The monoisotopic (exact) mass is 406 g/mol. The molecule has 1 aliphatic heterocycles. The second-order valence-corrected chi connectivity index (χ2v) is 19.9. The number of aliphatic hydroxyl groups is 2. The number of carbonyl (C=O) groups is 1. The zero-order valence-electron chi connectivity index (χ0n) is 18.0. The van der Waals surface area contributed by atoms with E-state index in [0.717, 1.165) is 0 Å². The minimum absolute atomic E-state index is 0.0135. The molecule has 0 aromatic carbocycles. The number of rotatable bonds is 5. The van der Waals surface area contributed by atoms with Gasteiger partial charge < -0.3 is 23.8 Å². The van der Waals surface area contributed by atoms with Crippen molar-refractivity contribution >= 4 is 22.6 Å². The summed E-state index contributed by atoms with van der Waals surface area (Å²) in [5.74, 6) is -0.823. The Balaban J connectivity index is 3.03. The summed E-state index contributed by atoms with van der Waals surface area (Å²) in [4.78, 5) is 11.9. The summed E-state index contributed by atoms with van der Waals surface area (Å²) in [5, 5.41) is 20.4. The van der Waals surface area contributed by atoms with Gasteiger partial charge in [0.15, 0.2) is 28.8 Å². The summed E-state index contributed by atoms with van der Waals surface area (Å²) in [5.41, 5.74) is 0. The van der Waals surface area contributed by atoms with Gasteiger partial charge in [-0.25, -0.2) is 4.79 Å². The Hall–Kier alpha value is -0.256. The first kappa shape index (κ1) is 23.8. The predicted octanol–water partition coefficient (Wildman–Crippen LogP) is 3.05. The number of carbonyl (C=O) groups excluding carboxylic acids is 1. The number of aliphatic hydroxyl groups excluding tert-OH is 2. The normalized spacial score (nSPS) is 28.8. The van der Waals surface area contributed by atoms with Crippen LogP contribution in [0.3, 0.4) is 0 Å². The number of hydrogen-bond acceptors (Lipinski definition) is 6. The van der Waals surface area contributed by atoms with Gasteiger partial charge in [0.25, 0.3) is 0 Å². The van der Waals surface area contributed by atoms with Crippen LogP contribution in [0, 0.1) is 0 Å². The van der Waals surface area contributed by atoms with Crippen molar-refractivity contribution in [3.8, 4) is 0 Å². The molecule has 1 saturated heterocycles. The molecule has 26 heavy (non-hydrogen) atoms. The van der Waals surface area contributed by atoms with Crippen LogP contribution in [0.4, 0.5) is 0 Å². The van der Waals surface area contributed by atoms with Gasteiger partial charge in [0.1, 0.15) is 12.2 Å². The largest absolute Gasteiger partial charge is 0.455 e. The quantitative estimate of drug-likeness (QED) is 0.539. The molecule has 0 radical (unpaired) electrons. The lowest BCUT2D eigenvalue weighted by Crippen LogP contribution is -2.62. The van der Waals surface area contributed by atoms with Crippen molar-refractivity contribution in [2.24, 2.45) is 0 Å². The summed E-state index contributed by atoms with van der Waals surface area (Å²) in [6, 6.07) is 0. The molecular formula is C18H38O6Si2. The van der Waals surface area contributed by atoms with E-state index in [0.29, 0.717) is 0 Å². The Morgan fingerprint density at radius 1 is 0.962 bits per heavy atom. The molecule has 1 heterocycles. The molecule has 0 spiro atoms. The Morgan fingerprint density at radius 2 is 1.42 bits per heavy atom. The third-order valence-corrected chi connectivity index (χ3v) is 15.2. The molecule has 0 saturated carbocycles. The number of cyclic esters (lactones) is 1. The molecule has 1 aliphatic rings. The average Bonchev–Trinajstić information content (AvgIpc) is 2.43. The average molecular weight is 407 g/mol. The minimum atomic E-state index is -2.25. The van der Waals surface area contributed by atoms with E-state index in [4.69, 9.17) is 13.6 Å². The molecule has 0 unspecified atom stereocenters. The molecule has 2 N–H and O–H groups in total. The predicted molar refractivity (Wildman–Crippen MR) is 107 cm³/mol. The fourth-order valence-electron chi connectivity index (χ4n) is 2.12. The third-order valence-electron chi connectivity index (χ3n) is 6.19. The first-order chi connectivity index (χ1) is 11.4. The molecule has 0 bridgehead atoms. The lowest BCUT2D eigenvalue weighted by atomic mass is 10.0. The SMILES string of the molecule is CC(C)(C)[Si](C)(C)OC[C@H]1OC(=O)[C@H](O)[C@H](O)[C@@H]1O[Si](C)(C)C(C)(C)C. The number of ether oxygens (including phenoxy) is 1. The van der Waals surface area contributed by atoms with Gasteiger partial charge >= 0.3 is 5.97 Å². The van der Waals surface area contributed by atoms with Gasteiger partial charge in [-0.2, -0.15) is 0 Å². The summed E-state index contributed by atoms with van der Waals surface area (Å²) < 4.78 is 17.9. The van der Waals surface area contributed by atoms with Gasteiger partial charge in [-0.05, 0) is 36.3 Å². The zero-order valence-corrected chi connectivity index (χ0v) is 20.0. The second-order valence-electron chi connectivity index (χ2n) is 10.3. The third kappa shape index (κ3) is 5.17. The van der Waals surface area contributed by atoms with Crippen LogP contribution >= 0.6 is 0 Å². The molecule has 0 amide bonds. The second kappa shape index (κ2) is 7.64. The first-order valence-electron chi connectivity index (χ1n) is 9.29. The van der Waals surface area contributed by atoms with E-state index in [1.165, 1.54) is 0 Å². The van der Waals surface area contributed by atoms with E-state index >= 15 is 0 Å². The van der Waals surface area contributed by atoms with Gasteiger partial charge in [0.05, 0.1) is 6.61 Å². The van der Waals surface area contributed by atoms with Gasteiger partial charge in [-0.1, -0.05) is 41.5 Å². The highest BCUT2D eigenvalue weighted by Crippen LogP contribution is 2.40. The van der Waals surface area contributed by atoms with Crippen molar-refractivity contribution in [2.45, 2.75) is 102 Å². The van der Waals surface area contributed by atoms with E-state index in [2.05, 4.69) is 67.7 Å². The topological polar surface area (TPSA) is 85.2 Å². The van der Waals surface area contributed by atoms with E-state index in [9.17, 15) is 15.0 Å². The summed E-state index contributed by atoms with van der Waals surface area (Å²) in [6.45, 7) is 21.2. The van der Waals surface area contributed by atoms with E-state index in [1.54, 1.807) is 0 Å². The smallest absolute Gasteiger partial charge is 0.338 e. The summed E-state index contributed by atoms with van der Waals surface area (Å²) in [6.07, 6.45) is -4.44. The van der Waals surface area contributed by atoms with Crippen molar-refractivity contribution in [3.63, 3.8) is 0 Å². The van der Waals surface area contributed by atoms with E-state index in [-0.39, 0.29) is 16.7 Å². The highest BCUT2D eigenvalue weighted by atomic mass is 28.4. The van der Waals surface area contributed by atoms with Crippen molar-refractivity contribution in [1.29, 1.82) is 0 Å². The number of hydrogen-bond donors (Lipinski definition) is 2. The van der Waals surface area contributed by atoms with Gasteiger partial charge in [-0.15, -0.1) is 0 Å². The molecule has 4 atom stereocenters. The standard InChI is InChI=1S/C18H38O6Si2/c1-17(2,3)25(7,8)22-11-12-15(13(19)14(20)16(21)23-12)24-26(9,10)18(4,5)6/h12-15,19-20H,11H2,1-10H3/t12-,13+,14-,15-/m1/s1. The Morgan fingerprint density at radius 3 is 1.85 bits per heavy atom. The molecule has 8 heteroatoms. The molecule has 0 aliphatic carbocycles. The molecule has 154 valence electrons. The summed E-state index contributed by atoms with van der Waals surface area (Å²) in [7, 11) is -4.30. The maximum Gasteiger partial charge on any atom is 0.338 e. The Bertz CT molecular complexity index is 507. The maximum absolute atomic E-state index is 11.9. The van der Waals surface area contributed by atoms with Crippen LogP contribution in [0.25, 0.3) is 0 Å². The molecule has 6 nitrogen and oxygen atoms in total.